The van der Waals surface area contributed by atoms with E-state index >= 15 is 0 Å². The van der Waals surface area contributed by atoms with Gasteiger partial charge < -0.3 is 14.4 Å². The quantitative estimate of drug-likeness (QED) is 0.134. The number of aryl methyl sites for hydroxylation is 2. The molecule has 0 bridgehead atoms. The minimum atomic E-state index is -4.34. The van der Waals surface area contributed by atoms with E-state index in [4.69, 9.17) is 9.47 Å². The minimum Gasteiger partial charge on any atom is -0.469 e. The van der Waals surface area contributed by atoms with Crippen LogP contribution < -0.4 is 9.64 Å². The smallest absolute Gasteiger partial charge is 0.305 e. The number of benzene rings is 3. The summed E-state index contributed by atoms with van der Waals surface area (Å²) >= 11 is 0. The Labute approximate surface area is 308 Å². The first-order valence-corrected chi connectivity index (χ1v) is 19.2. The van der Waals surface area contributed by atoms with Gasteiger partial charge in [-0.15, -0.1) is 0 Å². The highest BCUT2D eigenvalue weighted by Crippen LogP contribution is 2.47. The number of ether oxygens (including phenoxy) is 2. The fourth-order valence-corrected chi connectivity index (χ4v) is 8.33. The number of methoxy groups -OCH3 is 1. The number of likely N-dealkylation sites (N-methyl/N-ethyl adjacent to an activating group) is 1. The van der Waals surface area contributed by atoms with Crippen LogP contribution in [0.2, 0.25) is 0 Å². The third kappa shape index (κ3) is 7.04. The van der Waals surface area contributed by atoms with E-state index in [0.717, 1.165) is 58.7 Å². The number of rotatable bonds is 9. The molecule has 2 aliphatic heterocycles. The lowest BCUT2D eigenvalue weighted by atomic mass is 9.81. The molecule has 0 saturated carbocycles. The number of hydrogen-bond donors (Lipinski definition) is 1. The van der Waals surface area contributed by atoms with Crippen LogP contribution >= 0.6 is 0 Å². The van der Waals surface area contributed by atoms with E-state index in [-0.39, 0.29) is 16.3 Å². The van der Waals surface area contributed by atoms with Crippen LogP contribution in [0.25, 0.3) is 0 Å². The summed E-state index contributed by atoms with van der Waals surface area (Å²) in [5, 5.41) is 0. The molecule has 0 radical (unpaired) electrons. The molecule has 0 amide bonds. The van der Waals surface area contributed by atoms with Crippen molar-refractivity contribution in [3.8, 4) is 5.75 Å². The number of allylic oxidation sites excluding steroid dienone is 7. The van der Waals surface area contributed by atoms with Crippen molar-refractivity contribution in [3.63, 3.8) is 0 Å². The van der Waals surface area contributed by atoms with Gasteiger partial charge in [0.25, 0.3) is 10.1 Å². The second-order valence-electron chi connectivity index (χ2n) is 15.0. The first-order valence-electron chi connectivity index (χ1n) is 17.8. The van der Waals surface area contributed by atoms with Gasteiger partial charge in [0.2, 0.25) is 5.69 Å². The molecule has 52 heavy (non-hydrogen) atoms. The van der Waals surface area contributed by atoms with Gasteiger partial charge >= 0.3 is 5.97 Å². The van der Waals surface area contributed by atoms with Gasteiger partial charge in [-0.25, -0.2) is 0 Å². The molecule has 0 saturated heterocycles. The zero-order valence-electron chi connectivity index (χ0n) is 31.4. The Hall–Kier alpha value is -4.73. The zero-order chi connectivity index (χ0) is 37.6. The molecule has 0 fully saturated rings. The standard InChI is InChI=1S/C43H48N2O6S/c1-28-12-21-36-34(26-28)42(2,3)38(44(36)6)23-16-30-10-9-11-31(41(30)51-32-18-13-29(14-19-32)15-25-40(46)50-8)17-24-39-43(4,5)35-27-33(52(47,48)49)20-22-37(35)45(39)7/h12-14,16-24,26-27H,9-11,15,25H2,1-8H3/p+1. The van der Waals surface area contributed by atoms with Crippen LogP contribution in [-0.4, -0.2) is 50.4 Å². The van der Waals surface area contributed by atoms with Gasteiger partial charge in [0.05, 0.1) is 17.4 Å². The maximum atomic E-state index is 12.0. The van der Waals surface area contributed by atoms with Crippen molar-refractivity contribution < 1.29 is 31.8 Å². The van der Waals surface area contributed by atoms with Gasteiger partial charge in [-0.05, 0) is 111 Å². The number of nitrogens with zero attached hydrogens (tertiary/aromatic N) is 2. The van der Waals surface area contributed by atoms with Crippen molar-refractivity contribution in [2.75, 3.05) is 26.1 Å². The molecule has 1 aliphatic carbocycles. The lowest BCUT2D eigenvalue weighted by molar-refractivity contribution is -0.401. The monoisotopic (exact) mass is 721 g/mol. The van der Waals surface area contributed by atoms with E-state index in [0.29, 0.717) is 18.6 Å². The molecule has 3 aliphatic rings. The lowest BCUT2D eigenvalue weighted by Gasteiger charge is -2.25. The van der Waals surface area contributed by atoms with E-state index in [9.17, 15) is 17.8 Å². The number of esters is 1. The highest BCUT2D eigenvalue weighted by Gasteiger charge is 2.44. The summed E-state index contributed by atoms with van der Waals surface area (Å²) in [6.45, 7) is 10.8. The Bertz CT molecular complexity index is 2200. The third-order valence-corrected chi connectivity index (χ3v) is 11.7. The SMILES string of the molecule is COC(=O)CCc1ccc(OC2=C(C=CC3=[N+](C)c4ccc(S(=O)(=O)O)cc4C3(C)C)CCCC2=CC=C2N(C)c3ccc(C)cc3C2(C)C)cc1. The predicted molar refractivity (Wildman–Crippen MR) is 206 cm³/mol. The summed E-state index contributed by atoms with van der Waals surface area (Å²) in [5.41, 5.74) is 10.2. The highest BCUT2D eigenvalue weighted by molar-refractivity contribution is 7.85. The molecule has 9 heteroatoms. The van der Waals surface area contributed by atoms with Crippen molar-refractivity contribution in [1.82, 2.24) is 0 Å². The minimum absolute atomic E-state index is 0.113. The summed E-state index contributed by atoms with van der Waals surface area (Å²) in [6, 6.07) is 19.3. The van der Waals surface area contributed by atoms with Crippen LogP contribution in [0.1, 0.15) is 75.6 Å². The Morgan fingerprint density at radius 1 is 0.942 bits per heavy atom. The summed E-state index contributed by atoms with van der Waals surface area (Å²) in [7, 11) is 1.17. The molecule has 0 spiro atoms. The van der Waals surface area contributed by atoms with Crippen LogP contribution in [0.5, 0.6) is 5.75 Å². The third-order valence-electron chi connectivity index (χ3n) is 10.8. The molecule has 1 N–H and O–H groups in total. The van der Waals surface area contributed by atoms with Crippen molar-refractivity contribution in [2.45, 2.75) is 82.4 Å². The predicted octanol–water partition coefficient (Wildman–Crippen LogP) is 8.66. The molecule has 8 nitrogen and oxygen atoms in total. The van der Waals surface area contributed by atoms with Gasteiger partial charge in [0, 0.05) is 48.0 Å². The Kier molecular flexibility index (Phi) is 9.98. The summed E-state index contributed by atoms with van der Waals surface area (Å²) in [6.07, 6.45) is 12.2. The van der Waals surface area contributed by atoms with E-state index in [1.807, 2.05) is 31.3 Å². The average Bonchev–Trinajstić information content (AvgIpc) is 3.41. The molecule has 2 heterocycles. The summed E-state index contributed by atoms with van der Waals surface area (Å²) in [5.74, 6) is 1.29. The number of carbonyl (C=O) groups excluding carboxylic acids is 1. The van der Waals surface area contributed by atoms with E-state index in [2.05, 4.69) is 93.6 Å². The lowest BCUT2D eigenvalue weighted by Crippen LogP contribution is -2.27. The molecule has 3 aromatic carbocycles. The highest BCUT2D eigenvalue weighted by atomic mass is 32.2. The van der Waals surface area contributed by atoms with Gasteiger partial charge in [0.1, 0.15) is 18.6 Å². The Balaban J connectivity index is 1.39. The normalized spacial score (nSPS) is 19.5. The Morgan fingerprint density at radius 2 is 1.67 bits per heavy atom. The van der Waals surface area contributed by atoms with Crippen LogP contribution in [0.4, 0.5) is 11.4 Å². The largest absolute Gasteiger partial charge is 0.469 e. The van der Waals surface area contributed by atoms with Gasteiger partial charge in [-0.2, -0.15) is 13.0 Å². The number of hydrogen-bond acceptors (Lipinski definition) is 6. The van der Waals surface area contributed by atoms with Crippen LogP contribution in [0, 0.1) is 6.92 Å². The van der Waals surface area contributed by atoms with E-state index in [1.54, 1.807) is 12.1 Å². The second kappa shape index (κ2) is 14.0. The van der Waals surface area contributed by atoms with Crippen molar-refractivity contribution in [1.29, 1.82) is 0 Å². The van der Waals surface area contributed by atoms with E-state index in [1.165, 1.54) is 35.7 Å². The van der Waals surface area contributed by atoms with Crippen molar-refractivity contribution in [3.05, 3.63) is 130 Å². The molecule has 0 aromatic heterocycles. The zero-order valence-corrected chi connectivity index (χ0v) is 32.2. The summed E-state index contributed by atoms with van der Waals surface area (Å²) < 4.78 is 47.4. The van der Waals surface area contributed by atoms with Gasteiger partial charge in [0.15, 0.2) is 5.71 Å². The number of fused-ring (bicyclic) bond motifs is 2. The van der Waals surface area contributed by atoms with Gasteiger partial charge in [-0.3, -0.25) is 9.35 Å². The number of anilines is 1. The fraction of sp³-hybridized carbons (Fsp3) is 0.349. The average molecular weight is 722 g/mol. The first kappa shape index (κ1) is 37.0. The molecule has 3 aromatic rings. The van der Waals surface area contributed by atoms with E-state index < -0.39 is 15.5 Å². The van der Waals surface area contributed by atoms with Gasteiger partial charge in [-0.1, -0.05) is 49.8 Å². The van der Waals surface area contributed by atoms with Crippen LogP contribution in [0.15, 0.2) is 112 Å². The molecular formula is C43H49N2O6S+. The van der Waals surface area contributed by atoms with Crippen LogP contribution in [-0.2, 0) is 36.9 Å². The number of carbonyl (C=O) groups is 1. The summed E-state index contributed by atoms with van der Waals surface area (Å²) in [4.78, 5) is 13.9. The molecule has 0 unspecified atom stereocenters. The molecule has 0 atom stereocenters. The first-order chi connectivity index (χ1) is 24.5. The molecule has 6 rings (SSSR count). The maximum absolute atomic E-state index is 12.0. The second-order valence-corrected chi connectivity index (χ2v) is 16.5. The fourth-order valence-electron chi connectivity index (χ4n) is 7.83. The topological polar surface area (TPSA) is 96.2 Å². The van der Waals surface area contributed by atoms with Crippen LogP contribution in [0.3, 0.4) is 0 Å². The molecule has 272 valence electrons. The Morgan fingerprint density at radius 3 is 2.37 bits per heavy atom. The maximum Gasteiger partial charge on any atom is 0.305 e. The van der Waals surface area contributed by atoms with Crippen molar-refractivity contribution in [2.24, 2.45) is 0 Å². The molecular weight excluding hydrogens is 673 g/mol. The van der Waals surface area contributed by atoms with Crippen molar-refractivity contribution >= 4 is 33.2 Å².